The highest BCUT2D eigenvalue weighted by Gasteiger charge is 2.38. The summed E-state index contributed by atoms with van der Waals surface area (Å²) >= 11 is 0. The van der Waals surface area contributed by atoms with Crippen LogP contribution in [-0.4, -0.2) is 57.8 Å². The molecule has 10 heteroatoms. The molecule has 1 atom stereocenters. The van der Waals surface area contributed by atoms with E-state index < -0.39 is 27.8 Å². The summed E-state index contributed by atoms with van der Waals surface area (Å²) in [5.74, 6) is -0.807. The first kappa shape index (κ1) is 26.7. The van der Waals surface area contributed by atoms with E-state index in [1.807, 2.05) is 37.3 Å². The number of carbonyl (C=O) groups excluding carboxylic acids is 1. The number of hydrogen-bond acceptors (Lipinski definition) is 7. The van der Waals surface area contributed by atoms with E-state index in [0.717, 1.165) is 48.4 Å². The maximum atomic E-state index is 13.5. The summed E-state index contributed by atoms with van der Waals surface area (Å²) in [5.41, 5.74) is 9.22. The number of benzene rings is 2. The van der Waals surface area contributed by atoms with Crippen LogP contribution in [0.15, 0.2) is 42.5 Å². The fourth-order valence-electron chi connectivity index (χ4n) is 4.75. The molecule has 0 aliphatic carbocycles. The number of nitrogens with zero attached hydrogens (tertiary/aromatic N) is 1. The van der Waals surface area contributed by atoms with E-state index in [1.165, 1.54) is 4.31 Å². The fourth-order valence-corrected chi connectivity index (χ4v) is 6.29. The molecule has 0 amide bonds. The molecule has 4 rings (SSSR count). The average molecular weight is 527 g/mol. The minimum absolute atomic E-state index is 0.0427. The maximum Gasteiger partial charge on any atom is 0.323 e. The van der Waals surface area contributed by atoms with E-state index in [-0.39, 0.29) is 18.5 Å². The highest BCUT2D eigenvalue weighted by atomic mass is 32.2. The van der Waals surface area contributed by atoms with Gasteiger partial charge in [0.25, 0.3) is 0 Å². The standard InChI is InChI=1S/C27H34N4O5S/c1-3-35-26(32)17-37(33,34)31-22(8-7-19-5-4-6-20(14-19)27(28)29)15-21-16-25(18(2)13-24(21)31)36-23-9-11-30-12-10-23/h4-8,13-14,16,22-23,30H,3,9-12,15,17H2,1-2H3,(H3,28,29)/b8-7+. The lowest BCUT2D eigenvalue weighted by Crippen LogP contribution is -2.40. The number of fused-ring (bicyclic) bond motifs is 1. The van der Waals surface area contributed by atoms with Crippen LogP contribution >= 0.6 is 0 Å². The SMILES string of the molecule is CCOC(=O)CS(=O)(=O)N1c2cc(C)c(OC3CCNCC3)cc2CC1/C=C/c1cccc(C(=N)N)c1. The number of esters is 1. The molecule has 2 heterocycles. The third-order valence-electron chi connectivity index (χ3n) is 6.54. The van der Waals surface area contributed by atoms with Gasteiger partial charge in [-0.2, -0.15) is 0 Å². The highest BCUT2D eigenvalue weighted by molar-refractivity contribution is 7.93. The average Bonchev–Trinajstić information content (AvgIpc) is 3.21. The van der Waals surface area contributed by atoms with Crippen LogP contribution in [0.3, 0.4) is 0 Å². The number of sulfonamides is 1. The Morgan fingerprint density at radius 2 is 2.00 bits per heavy atom. The molecule has 0 radical (unpaired) electrons. The number of nitrogens with two attached hydrogens (primary N) is 1. The molecule has 0 bridgehead atoms. The molecule has 0 spiro atoms. The van der Waals surface area contributed by atoms with Gasteiger partial charge in [0.15, 0.2) is 5.75 Å². The smallest absolute Gasteiger partial charge is 0.323 e. The van der Waals surface area contributed by atoms with Gasteiger partial charge >= 0.3 is 5.97 Å². The van der Waals surface area contributed by atoms with Crippen molar-refractivity contribution in [2.24, 2.45) is 5.73 Å². The topological polar surface area (TPSA) is 135 Å². The first-order valence-electron chi connectivity index (χ1n) is 12.5. The number of nitrogen functional groups attached to an aromatic ring is 1. The molecule has 9 nitrogen and oxygen atoms in total. The van der Waals surface area contributed by atoms with Crippen LogP contribution < -0.4 is 20.1 Å². The number of aryl methyl sites for hydroxylation is 1. The third-order valence-corrected chi connectivity index (χ3v) is 8.20. The number of anilines is 1. The minimum Gasteiger partial charge on any atom is -0.490 e. The quantitative estimate of drug-likeness (QED) is 0.260. The minimum atomic E-state index is -4.02. The fraction of sp³-hybridized carbons (Fsp3) is 0.407. The molecule has 2 aliphatic rings. The Kier molecular flexibility index (Phi) is 8.19. The zero-order valence-corrected chi connectivity index (χ0v) is 22.0. The van der Waals surface area contributed by atoms with Crippen molar-refractivity contribution in [1.29, 1.82) is 5.41 Å². The summed E-state index contributed by atoms with van der Waals surface area (Å²) < 4.78 is 39.5. The molecule has 2 aliphatic heterocycles. The van der Waals surface area contributed by atoms with Crippen molar-refractivity contribution in [2.75, 3.05) is 29.8 Å². The van der Waals surface area contributed by atoms with Crippen LogP contribution in [0.25, 0.3) is 6.08 Å². The Balaban J connectivity index is 1.67. The van der Waals surface area contributed by atoms with Crippen molar-refractivity contribution in [1.82, 2.24) is 5.32 Å². The number of amidine groups is 1. The summed E-state index contributed by atoms with van der Waals surface area (Å²) in [5, 5.41) is 11.0. The van der Waals surface area contributed by atoms with Crippen LogP contribution in [-0.2, 0) is 26.0 Å². The largest absolute Gasteiger partial charge is 0.490 e. The van der Waals surface area contributed by atoms with Gasteiger partial charge in [-0.1, -0.05) is 30.4 Å². The van der Waals surface area contributed by atoms with Gasteiger partial charge in [0, 0.05) is 5.56 Å². The lowest BCUT2D eigenvalue weighted by Gasteiger charge is -2.26. The predicted octanol–water partition coefficient (Wildman–Crippen LogP) is 2.75. The Morgan fingerprint density at radius 3 is 2.70 bits per heavy atom. The van der Waals surface area contributed by atoms with Crippen molar-refractivity contribution < 1.29 is 22.7 Å². The van der Waals surface area contributed by atoms with Crippen molar-refractivity contribution in [2.45, 2.75) is 45.3 Å². The molecule has 4 N–H and O–H groups in total. The third kappa shape index (κ3) is 6.31. The van der Waals surface area contributed by atoms with Gasteiger partial charge in [-0.15, -0.1) is 0 Å². The van der Waals surface area contributed by atoms with E-state index >= 15 is 0 Å². The number of piperidine rings is 1. The van der Waals surface area contributed by atoms with Crippen LogP contribution in [0.5, 0.6) is 5.75 Å². The molecule has 1 saturated heterocycles. The van der Waals surface area contributed by atoms with Gasteiger partial charge in [-0.3, -0.25) is 14.5 Å². The van der Waals surface area contributed by atoms with E-state index in [4.69, 9.17) is 20.6 Å². The lowest BCUT2D eigenvalue weighted by molar-refractivity contribution is -0.139. The van der Waals surface area contributed by atoms with E-state index in [9.17, 15) is 13.2 Å². The first-order valence-corrected chi connectivity index (χ1v) is 14.1. The van der Waals surface area contributed by atoms with Gasteiger partial charge in [-0.05, 0) is 81.1 Å². The zero-order valence-electron chi connectivity index (χ0n) is 21.2. The van der Waals surface area contributed by atoms with E-state index in [1.54, 1.807) is 25.1 Å². The van der Waals surface area contributed by atoms with Crippen LogP contribution in [0.1, 0.15) is 42.0 Å². The van der Waals surface area contributed by atoms with E-state index in [0.29, 0.717) is 17.7 Å². The molecule has 37 heavy (non-hydrogen) atoms. The molecule has 0 saturated carbocycles. The first-order chi connectivity index (χ1) is 17.7. The number of ether oxygens (including phenoxy) is 2. The molecular weight excluding hydrogens is 492 g/mol. The molecule has 2 aromatic rings. The number of carbonyl (C=O) groups is 1. The Bertz CT molecular complexity index is 1300. The van der Waals surface area contributed by atoms with Crippen LogP contribution in [0, 0.1) is 12.3 Å². The Labute approximate surface area is 218 Å². The van der Waals surface area contributed by atoms with Gasteiger partial charge in [0.05, 0.1) is 18.3 Å². The van der Waals surface area contributed by atoms with Crippen molar-refractivity contribution >= 4 is 33.6 Å². The second-order valence-electron chi connectivity index (χ2n) is 9.34. The van der Waals surface area contributed by atoms with Gasteiger partial charge in [0.1, 0.15) is 17.7 Å². The molecular formula is C27H34N4O5S. The molecule has 0 aromatic heterocycles. The molecule has 1 unspecified atom stereocenters. The summed E-state index contributed by atoms with van der Waals surface area (Å²) in [6.45, 7) is 5.47. The summed E-state index contributed by atoms with van der Waals surface area (Å²) in [6.07, 6.45) is 6.01. The Hall–Kier alpha value is -3.37. The number of nitrogens with one attached hydrogen (secondary N) is 2. The van der Waals surface area contributed by atoms with Crippen LogP contribution in [0.2, 0.25) is 0 Å². The second kappa shape index (κ2) is 11.4. The van der Waals surface area contributed by atoms with Crippen LogP contribution in [0.4, 0.5) is 5.69 Å². The van der Waals surface area contributed by atoms with Gasteiger partial charge in [0.2, 0.25) is 10.0 Å². The Morgan fingerprint density at radius 1 is 1.24 bits per heavy atom. The van der Waals surface area contributed by atoms with Gasteiger partial charge < -0.3 is 20.5 Å². The highest BCUT2D eigenvalue weighted by Crippen LogP contribution is 2.40. The molecule has 198 valence electrons. The van der Waals surface area contributed by atoms with Crippen molar-refractivity contribution in [3.05, 3.63) is 64.7 Å². The van der Waals surface area contributed by atoms with Crippen molar-refractivity contribution in [3.8, 4) is 5.75 Å². The normalized spacial score (nSPS) is 18.1. The predicted molar refractivity (Wildman–Crippen MR) is 145 cm³/mol. The van der Waals surface area contributed by atoms with E-state index in [2.05, 4.69) is 5.32 Å². The molecule has 2 aromatic carbocycles. The number of hydrogen-bond donors (Lipinski definition) is 3. The summed E-state index contributed by atoms with van der Waals surface area (Å²) in [4.78, 5) is 12.2. The summed E-state index contributed by atoms with van der Waals surface area (Å²) in [7, 11) is -4.02. The van der Waals surface area contributed by atoms with Crippen molar-refractivity contribution in [3.63, 3.8) is 0 Å². The number of rotatable bonds is 9. The second-order valence-corrected chi connectivity index (χ2v) is 11.2. The summed E-state index contributed by atoms with van der Waals surface area (Å²) in [6, 6.07) is 10.4. The maximum absolute atomic E-state index is 13.5. The monoisotopic (exact) mass is 526 g/mol. The zero-order chi connectivity index (χ0) is 26.6. The van der Waals surface area contributed by atoms with Gasteiger partial charge in [-0.25, -0.2) is 8.42 Å². The molecule has 1 fully saturated rings. The lowest BCUT2D eigenvalue weighted by atomic mass is 10.0.